The molecule has 2 N–H and O–H groups in total. The lowest BCUT2D eigenvalue weighted by atomic mass is 9.83. The highest BCUT2D eigenvalue weighted by Crippen LogP contribution is 2.34. The molecule has 0 radical (unpaired) electrons. The number of carbonyl (C=O) groups excluding carboxylic acids is 2. The lowest BCUT2D eigenvalue weighted by molar-refractivity contribution is -0.140. The number of benzene rings is 2. The lowest BCUT2D eigenvalue weighted by Crippen LogP contribution is -2.12. The molecule has 0 saturated carbocycles. The standard InChI is InChI=1S/C37H45F3O6/c1-26(14-19-41)35(43)45-21-16-29-23-30(17-22-46-36(44)27(2)15-20-42)25-34(24-29)33-12-10-32(11-13-33)31-8-6-28(7-9-31)5-3-4-18-37(38,39)40/h8,10-13,23-25,28,41-42H,1-7,9,14-22H2. The van der Waals surface area contributed by atoms with E-state index in [9.17, 15) is 22.8 Å². The number of carbonyl (C=O) groups is 2. The summed E-state index contributed by atoms with van der Waals surface area (Å²) in [4.78, 5) is 24.2. The summed E-state index contributed by atoms with van der Waals surface area (Å²) in [6.07, 6.45) is 3.02. The second-order valence-corrected chi connectivity index (χ2v) is 11.8. The number of esters is 2. The van der Waals surface area contributed by atoms with Crippen molar-refractivity contribution in [3.8, 4) is 11.1 Å². The first-order valence-electron chi connectivity index (χ1n) is 15.9. The molecule has 0 saturated heterocycles. The van der Waals surface area contributed by atoms with Crippen LogP contribution in [-0.2, 0) is 31.9 Å². The molecule has 0 fully saturated rings. The Morgan fingerprint density at radius 3 is 1.83 bits per heavy atom. The van der Waals surface area contributed by atoms with Gasteiger partial charge in [-0.15, -0.1) is 0 Å². The first kappa shape index (κ1) is 36.8. The van der Waals surface area contributed by atoms with Gasteiger partial charge in [-0.2, -0.15) is 13.2 Å². The predicted molar refractivity (Wildman–Crippen MR) is 173 cm³/mol. The number of ether oxygens (including phenoxy) is 2. The number of alkyl halides is 3. The van der Waals surface area contributed by atoms with Gasteiger partial charge in [0.25, 0.3) is 0 Å². The number of aliphatic hydroxyl groups is 2. The van der Waals surface area contributed by atoms with E-state index in [-0.39, 0.29) is 56.8 Å². The SMILES string of the molecule is C=C(CCO)C(=O)OCCc1cc(CCOC(=O)C(=C)CCO)cc(-c2ccc(C3=CCC(CCCCC(F)(F)F)CC3)cc2)c1. The topological polar surface area (TPSA) is 93.1 Å². The molecule has 1 aliphatic rings. The Bertz CT molecular complexity index is 1310. The summed E-state index contributed by atoms with van der Waals surface area (Å²) in [5.74, 6) is -0.655. The van der Waals surface area contributed by atoms with Crippen LogP contribution < -0.4 is 0 Å². The van der Waals surface area contributed by atoms with Gasteiger partial charge in [-0.3, -0.25) is 0 Å². The van der Waals surface area contributed by atoms with Crippen molar-refractivity contribution in [1.29, 1.82) is 0 Å². The summed E-state index contributed by atoms with van der Waals surface area (Å²) in [6.45, 7) is 7.20. The maximum absolute atomic E-state index is 12.4. The average molecular weight is 643 g/mol. The summed E-state index contributed by atoms with van der Waals surface area (Å²) >= 11 is 0. The van der Waals surface area contributed by atoms with Crippen molar-refractivity contribution >= 4 is 17.5 Å². The molecular formula is C37H45F3O6. The van der Waals surface area contributed by atoms with E-state index in [1.807, 2.05) is 18.2 Å². The average Bonchev–Trinajstić information content (AvgIpc) is 3.03. The maximum atomic E-state index is 12.4. The Hall–Kier alpha value is -3.69. The van der Waals surface area contributed by atoms with E-state index in [1.165, 1.54) is 5.57 Å². The van der Waals surface area contributed by atoms with Crippen LogP contribution in [0.2, 0.25) is 0 Å². The number of hydrogen-bond acceptors (Lipinski definition) is 6. The highest BCUT2D eigenvalue weighted by atomic mass is 19.4. The molecule has 2 aromatic carbocycles. The van der Waals surface area contributed by atoms with E-state index >= 15 is 0 Å². The van der Waals surface area contributed by atoms with Crippen molar-refractivity contribution in [3.05, 3.63) is 89.5 Å². The van der Waals surface area contributed by atoms with Crippen LogP contribution in [0, 0.1) is 5.92 Å². The van der Waals surface area contributed by atoms with Crippen molar-refractivity contribution in [1.82, 2.24) is 0 Å². The number of rotatable bonds is 18. The van der Waals surface area contributed by atoms with E-state index < -0.39 is 24.5 Å². The van der Waals surface area contributed by atoms with E-state index in [1.54, 1.807) is 0 Å². The summed E-state index contributed by atoms with van der Waals surface area (Å²) in [7, 11) is 0. The zero-order valence-corrected chi connectivity index (χ0v) is 26.4. The van der Waals surface area contributed by atoms with Crippen molar-refractivity contribution in [3.63, 3.8) is 0 Å². The van der Waals surface area contributed by atoms with Gasteiger partial charge in [0, 0.05) is 56.5 Å². The first-order valence-corrected chi connectivity index (χ1v) is 15.9. The smallest absolute Gasteiger partial charge is 0.389 e. The largest absolute Gasteiger partial charge is 0.462 e. The maximum Gasteiger partial charge on any atom is 0.389 e. The molecule has 1 unspecified atom stereocenters. The molecule has 6 nitrogen and oxygen atoms in total. The number of hydrogen-bond donors (Lipinski definition) is 2. The number of aliphatic hydroxyl groups excluding tert-OH is 2. The number of allylic oxidation sites excluding steroid dienone is 2. The van der Waals surface area contributed by atoms with E-state index in [0.29, 0.717) is 25.2 Å². The van der Waals surface area contributed by atoms with Gasteiger partial charge in [0.15, 0.2) is 0 Å². The first-order chi connectivity index (χ1) is 22.0. The fraction of sp³-hybridized carbons (Fsp3) is 0.459. The van der Waals surface area contributed by atoms with Crippen LogP contribution in [0.3, 0.4) is 0 Å². The van der Waals surface area contributed by atoms with Crippen LogP contribution in [0.15, 0.2) is 72.8 Å². The molecule has 9 heteroatoms. The Kier molecular flexibility index (Phi) is 14.8. The minimum absolute atomic E-state index is 0.137. The molecule has 1 aliphatic carbocycles. The fourth-order valence-corrected chi connectivity index (χ4v) is 5.47. The van der Waals surface area contributed by atoms with Crippen LogP contribution in [-0.4, -0.2) is 54.8 Å². The van der Waals surface area contributed by atoms with Crippen molar-refractivity contribution in [2.75, 3.05) is 26.4 Å². The molecule has 0 amide bonds. The second kappa shape index (κ2) is 18.5. The van der Waals surface area contributed by atoms with E-state index in [2.05, 4.69) is 43.5 Å². The van der Waals surface area contributed by atoms with Crippen LogP contribution >= 0.6 is 0 Å². The zero-order chi connectivity index (χ0) is 33.5. The predicted octanol–water partition coefficient (Wildman–Crippen LogP) is 7.71. The third-order valence-electron chi connectivity index (χ3n) is 8.14. The molecule has 0 aliphatic heterocycles. The molecule has 0 bridgehead atoms. The summed E-state index contributed by atoms with van der Waals surface area (Å²) < 4.78 is 47.9. The summed E-state index contributed by atoms with van der Waals surface area (Å²) in [5, 5.41) is 18.1. The monoisotopic (exact) mass is 642 g/mol. The molecule has 3 rings (SSSR count). The van der Waals surface area contributed by atoms with Gasteiger partial charge >= 0.3 is 18.1 Å². The minimum atomic E-state index is -4.08. The van der Waals surface area contributed by atoms with E-state index in [0.717, 1.165) is 53.5 Å². The fourth-order valence-electron chi connectivity index (χ4n) is 5.47. The lowest BCUT2D eigenvalue weighted by Gasteiger charge is -2.22. The Balaban J connectivity index is 1.67. The quantitative estimate of drug-likeness (QED) is 0.0984. The van der Waals surface area contributed by atoms with Gasteiger partial charge in [-0.25, -0.2) is 9.59 Å². The molecule has 46 heavy (non-hydrogen) atoms. The highest BCUT2D eigenvalue weighted by molar-refractivity contribution is 5.88. The molecule has 0 heterocycles. The van der Waals surface area contributed by atoms with Crippen LogP contribution in [0.1, 0.15) is 74.5 Å². The molecular weight excluding hydrogens is 597 g/mol. The number of unbranched alkanes of at least 4 members (excludes halogenated alkanes) is 1. The third kappa shape index (κ3) is 12.6. The molecule has 0 spiro atoms. The second-order valence-electron chi connectivity index (χ2n) is 11.8. The van der Waals surface area contributed by atoms with Crippen LogP contribution in [0.25, 0.3) is 16.7 Å². The van der Waals surface area contributed by atoms with E-state index in [4.69, 9.17) is 19.7 Å². The van der Waals surface area contributed by atoms with Gasteiger partial charge in [0.05, 0.1) is 13.2 Å². The van der Waals surface area contributed by atoms with Crippen LogP contribution in [0.4, 0.5) is 13.2 Å². The van der Waals surface area contributed by atoms with Gasteiger partial charge in [0.1, 0.15) is 0 Å². The molecule has 2 aromatic rings. The van der Waals surface area contributed by atoms with Gasteiger partial charge in [-0.1, -0.05) is 74.5 Å². The highest BCUT2D eigenvalue weighted by Gasteiger charge is 2.26. The van der Waals surface area contributed by atoms with Crippen molar-refractivity contribution < 1.29 is 42.4 Å². The van der Waals surface area contributed by atoms with Crippen molar-refractivity contribution in [2.24, 2.45) is 5.92 Å². The zero-order valence-electron chi connectivity index (χ0n) is 26.4. The normalized spacial score (nSPS) is 14.8. The van der Waals surface area contributed by atoms with Gasteiger partial charge < -0.3 is 19.7 Å². The van der Waals surface area contributed by atoms with Gasteiger partial charge in [-0.05, 0) is 65.0 Å². The van der Waals surface area contributed by atoms with Crippen LogP contribution in [0.5, 0.6) is 0 Å². The molecule has 1 atom stereocenters. The number of halogens is 3. The third-order valence-corrected chi connectivity index (χ3v) is 8.14. The Morgan fingerprint density at radius 2 is 1.35 bits per heavy atom. The summed E-state index contributed by atoms with van der Waals surface area (Å²) in [5.41, 5.74) is 6.63. The Labute approximate surface area is 269 Å². The van der Waals surface area contributed by atoms with Gasteiger partial charge in [0.2, 0.25) is 0 Å². The minimum Gasteiger partial charge on any atom is -0.462 e. The molecule has 0 aromatic heterocycles. The summed E-state index contributed by atoms with van der Waals surface area (Å²) in [6, 6.07) is 14.3. The Morgan fingerprint density at radius 1 is 0.804 bits per heavy atom. The molecule has 250 valence electrons. The van der Waals surface area contributed by atoms with Crippen molar-refractivity contribution in [2.45, 2.75) is 76.8 Å².